The minimum Gasteiger partial charge on any atom is -0.351 e. The number of urea groups is 1. The van der Waals surface area contributed by atoms with Gasteiger partial charge in [0.25, 0.3) is 0 Å². The number of primary amides is 1. The summed E-state index contributed by atoms with van der Waals surface area (Å²) in [6.45, 7) is 3.97. The van der Waals surface area contributed by atoms with E-state index in [9.17, 15) is 4.79 Å². The van der Waals surface area contributed by atoms with Gasteiger partial charge in [0.05, 0.1) is 17.6 Å². The fourth-order valence-electron chi connectivity index (χ4n) is 1.71. The molecule has 17 heavy (non-hydrogen) atoms. The lowest BCUT2D eigenvalue weighted by atomic mass is 10.1. The van der Waals surface area contributed by atoms with Crippen LogP contribution in [0, 0.1) is 0 Å². The number of hydrogen-bond donors (Lipinski definition) is 2. The summed E-state index contributed by atoms with van der Waals surface area (Å²) in [5.74, 6) is 0.137. The van der Waals surface area contributed by atoms with Crippen molar-refractivity contribution in [1.82, 2.24) is 14.6 Å². The van der Waals surface area contributed by atoms with Crippen LogP contribution in [0.3, 0.4) is 0 Å². The summed E-state index contributed by atoms with van der Waals surface area (Å²) in [7, 11) is 0. The number of carbonyl (C=O) groups excluding carboxylic acids is 1. The Labute approximate surface area is 103 Å². The average molecular weight is 254 g/mol. The Morgan fingerprint density at radius 1 is 1.59 bits per heavy atom. The fourth-order valence-corrected chi connectivity index (χ4v) is 1.88. The molecule has 2 heterocycles. The number of carbonyl (C=O) groups is 1. The molecule has 2 amide bonds. The number of aromatic nitrogens is 3. The van der Waals surface area contributed by atoms with Crippen molar-refractivity contribution in [2.45, 2.75) is 19.8 Å². The summed E-state index contributed by atoms with van der Waals surface area (Å²) in [5.41, 5.74) is 7.09. The van der Waals surface area contributed by atoms with E-state index in [1.807, 2.05) is 13.8 Å². The molecule has 0 aliphatic heterocycles. The zero-order valence-electron chi connectivity index (χ0n) is 9.44. The molecule has 3 N–H and O–H groups in total. The van der Waals surface area contributed by atoms with E-state index in [1.165, 1.54) is 0 Å². The molecule has 2 aromatic heterocycles. The molecule has 0 unspecified atom stereocenters. The van der Waals surface area contributed by atoms with Gasteiger partial charge in [0.2, 0.25) is 0 Å². The second-order valence-electron chi connectivity index (χ2n) is 3.94. The van der Waals surface area contributed by atoms with Crippen molar-refractivity contribution in [1.29, 1.82) is 0 Å². The molecule has 0 radical (unpaired) electrons. The number of amides is 2. The van der Waals surface area contributed by atoms with Gasteiger partial charge in [-0.2, -0.15) is 5.10 Å². The van der Waals surface area contributed by atoms with E-state index >= 15 is 0 Å². The van der Waals surface area contributed by atoms with Crippen LogP contribution in [0.4, 0.5) is 10.5 Å². The lowest BCUT2D eigenvalue weighted by molar-refractivity contribution is 0.259. The van der Waals surface area contributed by atoms with E-state index in [2.05, 4.69) is 15.4 Å². The predicted octanol–water partition coefficient (Wildman–Crippen LogP) is 2.00. The van der Waals surface area contributed by atoms with E-state index in [0.717, 1.165) is 5.69 Å². The van der Waals surface area contributed by atoms with Crippen LogP contribution in [0.1, 0.15) is 25.5 Å². The summed E-state index contributed by atoms with van der Waals surface area (Å²) in [4.78, 5) is 15.1. The van der Waals surface area contributed by atoms with Crippen LogP contribution in [-0.2, 0) is 0 Å². The largest absolute Gasteiger partial charge is 0.351 e. The van der Waals surface area contributed by atoms with Crippen LogP contribution in [0.25, 0.3) is 5.65 Å². The maximum Gasteiger partial charge on any atom is 0.316 e. The van der Waals surface area contributed by atoms with E-state index in [-0.39, 0.29) is 5.92 Å². The zero-order chi connectivity index (χ0) is 12.6. The molecule has 0 spiro atoms. The molecule has 0 aromatic carbocycles. The standard InChI is InChI=1S/C10H12ClN5O/c1-5(2)9-6(14-10(12)17)4-13-8-3-7(11)15-16(8)9/h3-5H,1-2H3,(H3,12,14,17). The Balaban J connectivity index is 2.67. The quantitative estimate of drug-likeness (QED) is 0.858. The minimum atomic E-state index is -0.633. The lowest BCUT2D eigenvalue weighted by Crippen LogP contribution is -2.21. The second-order valence-corrected chi connectivity index (χ2v) is 4.33. The van der Waals surface area contributed by atoms with Gasteiger partial charge in [0, 0.05) is 6.07 Å². The highest BCUT2D eigenvalue weighted by Crippen LogP contribution is 2.25. The lowest BCUT2D eigenvalue weighted by Gasteiger charge is -2.13. The van der Waals surface area contributed by atoms with Gasteiger partial charge in [-0.15, -0.1) is 0 Å². The molecule has 6 nitrogen and oxygen atoms in total. The average Bonchev–Trinajstić information content (AvgIpc) is 2.56. The van der Waals surface area contributed by atoms with Gasteiger partial charge >= 0.3 is 6.03 Å². The monoisotopic (exact) mass is 253 g/mol. The first kappa shape index (κ1) is 11.7. The molecule has 0 aliphatic rings. The molecule has 0 fully saturated rings. The van der Waals surface area contributed by atoms with E-state index in [1.54, 1.807) is 16.8 Å². The number of halogens is 1. The van der Waals surface area contributed by atoms with E-state index < -0.39 is 6.03 Å². The maximum atomic E-state index is 10.9. The summed E-state index contributed by atoms with van der Waals surface area (Å²) in [5, 5.41) is 7.02. The number of nitrogens with one attached hydrogen (secondary N) is 1. The molecule has 0 aliphatic carbocycles. The summed E-state index contributed by atoms with van der Waals surface area (Å²) < 4.78 is 1.61. The van der Waals surface area contributed by atoms with Gasteiger partial charge in [0.1, 0.15) is 0 Å². The minimum absolute atomic E-state index is 0.137. The molecule has 2 rings (SSSR count). The van der Waals surface area contributed by atoms with Crippen LogP contribution in [0.2, 0.25) is 5.15 Å². The van der Waals surface area contributed by atoms with Crippen molar-refractivity contribution in [2.24, 2.45) is 5.73 Å². The maximum absolute atomic E-state index is 10.9. The molecule has 2 aromatic rings. The van der Waals surface area contributed by atoms with Crippen molar-refractivity contribution >= 4 is 29.0 Å². The van der Waals surface area contributed by atoms with Gasteiger partial charge in [-0.25, -0.2) is 14.3 Å². The SMILES string of the molecule is CC(C)c1c(NC(N)=O)cnc2cc(Cl)nn12. The number of rotatable bonds is 2. The smallest absolute Gasteiger partial charge is 0.316 e. The van der Waals surface area contributed by atoms with Crippen molar-refractivity contribution in [3.8, 4) is 0 Å². The van der Waals surface area contributed by atoms with Crippen molar-refractivity contribution in [3.63, 3.8) is 0 Å². The second kappa shape index (κ2) is 4.21. The number of hydrogen-bond acceptors (Lipinski definition) is 3. The third-order valence-corrected chi connectivity index (χ3v) is 2.48. The molecular weight excluding hydrogens is 242 g/mol. The van der Waals surface area contributed by atoms with Crippen molar-refractivity contribution < 1.29 is 4.79 Å². The molecule has 7 heteroatoms. The molecular formula is C10H12ClN5O. The van der Waals surface area contributed by atoms with Gasteiger partial charge in [-0.1, -0.05) is 25.4 Å². The summed E-state index contributed by atoms with van der Waals surface area (Å²) >= 11 is 5.83. The third-order valence-electron chi connectivity index (χ3n) is 2.30. The Hall–Kier alpha value is -1.82. The van der Waals surface area contributed by atoms with Gasteiger partial charge in [0.15, 0.2) is 10.8 Å². The topological polar surface area (TPSA) is 85.3 Å². The first-order chi connectivity index (χ1) is 7.99. The van der Waals surface area contributed by atoms with Gasteiger partial charge < -0.3 is 11.1 Å². The Morgan fingerprint density at radius 2 is 2.29 bits per heavy atom. The first-order valence-electron chi connectivity index (χ1n) is 5.09. The summed E-state index contributed by atoms with van der Waals surface area (Å²) in [6.07, 6.45) is 1.55. The highest BCUT2D eigenvalue weighted by molar-refractivity contribution is 6.29. The molecule has 0 bridgehead atoms. The molecule has 0 atom stereocenters. The Bertz CT molecular complexity index is 577. The number of nitrogens with two attached hydrogens (primary N) is 1. The van der Waals surface area contributed by atoms with Crippen molar-refractivity contribution in [2.75, 3.05) is 5.32 Å². The van der Waals surface area contributed by atoms with E-state index in [4.69, 9.17) is 17.3 Å². The molecule has 90 valence electrons. The molecule has 0 saturated carbocycles. The molecule has 0 saturated heterocycles. The number of nitrogens with zero attached hydrogens (tertiary/aromatic N) is 3. The van der Waals surface area contributed by atoms with Crippen LogP contribution in [-0.4, -0.2) is 20.6 Å². The highest BCUT2D eigenvalue weighted by Gasteiger charge is 2.15. The van der Waals surface area contributed by atoms with Crippen LogP contribution in [0.15, 0.2) is 12.3 Å². The Kier molecular flexibility index (Phi) is 2.89. The van der Waals surface area contributed by atoms with Gasteiger partial charge in [-0.3, -0.25) is 0 Å². The van der Waals surface area contributed by atoms with Crippen LogP contribution in [0.5, 0.6) is 0 Å². The Morgan fingerprint density at radius 3 is 2.88 bits per heavy atom. The fraction of sp³-hybridized carbons (Fsp3) is 0.300. The highest BCUT2D eigenvalue weighted by atomic mass is 35.5. The van der Waals surface area contributed by atoms with Crippen LogP contribution >= 0.6 is 11.6 Å². The summed E-state index contributed by atoms with van der Waals surface area (Å²) in [6, 6.07) is 1.02. The van der Waals surface area contributed by atoms with Crippen LogP contribution < -0.4 is 11.1 Å². The van der Waals surface area contributed by atoms with Crippen molar-refractivity contribution in [3.05, 3.63) is 23.1 Å². The third kappa shape index (κ3) is 2.16. The normalized spacial score (nSPS) is 11.1. The van der Waals surface area contributed by atoms with Gasteiger partial charge in [-0.05, 0) is 5.92 Å². The number of fused-ring (bicyclic) bond motifs is 1. The van der Waals surface area contributed by atoms with E-state index in [0.29, 0.717) is 16.5 Å². The zero-order valence-corrected chi connectivity index (χ0v) is 10.2. The number of anilines is 1. The predicted molar refractivity (Wildman–Crippen MR) is 65.3 cm³/mol. The first-order valence-corrected chi connectivity index (χ1v) is 5.47.